The van der Waals surface area contributed by atoms with Crippen LogP contribution in [0.15, 0.2) is 47.1 Å². The first-order valence-electron chi connectivity index (χ1n) is 8.28. The molecular formula is C19H18FN3O2. The summed E-state index contributed by atoms with van der Waals surface area (Å²) in [6.45, 7) is 1.90. The van der Waals surface area contributed by atoms with Gasteiger partial charge in [-0.3, -0.25) is 4.98 Å². The van der Waals surface area contributed by atoms with Crippen LogP contribution in [0, 0.1) is 18.7 Å². The zero-order valence-electron chi connectivity index (χ0n) is 13.8. The van der Waals surface area contributed by atoms with Crippen molar-refractivity contribution < 1.29 is 13.6 Å². The number of hydrogen-bond donors (Lipinski definition) is 2. The maximum atomic E-state index is 13.5. The minimum Gasteiger partial charge on any atom is -0.459 e. The number of carbonyl (C=O) groups is 1. The Bertz CT molecular complexity index is 919. The van der Waals surface area contributed by atoms with Gasteiger partial charge in [0.15, 0.2) is 0 Å². The first-order chi connectivity index (χ1) is 12.1. The molecule has 2 aromatic heterocycles. The molecule has 2 N–H and O–H groups in total. The standard InChI is InChI=1S/C19H18FN3O2/c1-11-15-9-13(20)6-7-16(15)25-18(11)17(12-4-5-12)23-19(24)22-14-3-2-8-21-10-14/h2-3,6-10,12,17H,4-5H2,1H3,(H2,22,23,24). The minimum atomic E-state index is -0.309. The number of fused-ring (bicyclic) bond motifs is 1. The summed E-state index contributed by atoms with van der Waals surface area (Å²) in [6, 6.07) is 7.46. The molecule has 1 atom stereocenters. The third-order valence-corrected chi connectivity index (χ3v) is 4.52. The van der Waals surface area contributed by atoms with Crippen LogP contribution >= 0.6 is 0 Å². The molecule has 0 aliphatic heterocycles. The van der Waals surface area contributed by atoms with Crippen LogP contribution in [-0.4, -0.2) is 11.0 Å². The van der Waals surface area contributed by atoms with Gasteiger partial charge in [0.25, 0.3) is 0 Å². The molecule has 2 heterocycles. The largest absolute Gasteiger partial charge is 0.459 e. The molecule has 1 aliphatic rings. The molecule has 2 amide bonds. The summed E-state index contributed by atoms with van der Waals surface area (Å²) in [5.74, 6) is 0.737. The molecule has 6 heteroatoms. The number of furan rings is 1. The first-order valence-corrected chi connectivity index (χ1v) is 8.28. The molecule has 1 aromatic carbocycles. The van der Waals surface area contributed by atoms with Crippen molar-refractivity contribution >= 4 is 22.7 Å². The van der Waals surface area contributed by atoms with E-state index in [1.807, 2.05) is 6.92 Å². The van der Waals surface area contributed by atoms with Crippen LogP contribution in [0.2, 0.25) is 0 Å². The Morgan fingerprint density at radius 2 is 2.20 bits per heavy atom. The SMILES string of the molecule is Cc1c(C(NC(=O)Nc2cccnc2)C2CC2)oc2ccc(F)cc12. The normalized spacial score (nSPS) is 15.1. The van der Waals surface area contributed by atoms with Crippen LogP contribution in [-0.2, 0) is 0 Å². The molecule has 128 valence electrons. The van der Waals surface area contributed by atoms with Crippen molar-refractivity contribution in [2.24, 2.45) is 5.92 Å². The van der Waals surface area contributed by atoms with Gasteiger partial charge >= 0.3 is 6.03 Å². The minimum absolute atomic E-state index is 0.230. The highest BCUT2D eigenvalue weighted by Gasteiger charge is 2.37. The zero-order chi connectivity index (χ0) is 17.4. The van der Waals surface area contributed by atoms with E-state index in [-0.39, 0.29) is 17.9 Å². The van der Waals surface area contributed by atoms with Crippen molar-refractivity contribution in [3.63, 3.8) is 0 Å². The molecule has 0 bridgehead atoms. The average molecular weight is 339 g/mol. The number of hydrogen-bond acceptors (Lipinski definition) is 3. The van der Waals surface area contributed by atoms with Crippen LogP contribution in [0.1, 0.15) is 30.2 Å². The smallest absolute Gasteiger partial charge is 0.319 e. The van der Waals surface area contributed by atoms with Gasteiger partial charge in [-0.05, 0) is 56.0 Å². The Labute approximate surface area is 144 Å². The molecule has 25 heavy (non-hydrogen) atoms. The van der Waals surface area contributed by atoms with Crippen LogP contribution in [0.5, 0.6) is 0 Å². The van der Waals surface area contributed by atoms with E-state index in [2.05, 4.69) is 15.6 Å². The highest BCUT2D eigenvalue weighted by Crippen LogP contribution is 2.44. The summed E-state index contributed by atoms with van der Waals surface area (Å²) in [5, 5.41) is 6.51. The third kappa shape index (κ3) is 3.20. The maximum absolute atomic E-state index is 13.5. The fourth-order valence-electron chi connectivity index (χ4n) is 3.08. The molecule has 0 radical (unpaired) electrons. The second kappa shape index (κ2) is 6.20. The van der Waals surface area contributed by atoms with Gasteiger partial charge in [0, 0.05) is 17.1 Å². The van der Waals surface area contributed by atoms with Crippen molar-refractivity contribution in [3.8, 4) is 0 Å². The maximum Gasteiger partial charge on any atom is 0.319 e. The lowest BCUT2D eigenvalue weighted by molar-refractivity contribution is 0.244. The summed E-state index contributed by atoms with van der Waals surface area (Å²) < 4.78 is 19.5. The van der Waals surface area contributed by atoms with Gasteiger partial charge in [-0.15, -0.1) is 0 Å². The number of anilines is 1. The van der Waals surface area contributed by atoms with Crippen LogP contribution in [0.4, 0.5) is 14.9 Å². The number of benzene rings is 1. The molecule has 3 aromatic rings. The van der Waals surface area contributed by atoms with Crippen LogP contribution in [0.25, 0.3) is 11.0 Å². The summed E-state index contributed by atoms with van der Waals surface area (Å²) >= 11 is 0. The Morgan fingerprint density at radius 3 is 2.92 bits per heavy atom. The van der Waals surface area contributed by atoms with E-state index >= 15 is 0 Å². The monoisotopic (exact) mass is 339 g/mol. The van der Waals surface area contributed by atoms with E-state index in [4.69, 9.17) is 4.42 Å². The number of carbonyl (C=O) groups excluding carboxylic acids is 1. The quantitative estimate of drug-likeness (QED) is 0.733. The number of aryl methyl sites for hydroxylation is 1. The van der Waals surface area contributed by atoms with E-state index in [9.17, 15) is 9.18 Å². The van der Waals surface area contributed by atoms with Gasteiger partial charge < -0.3 is 15.1 Å². The first kappa shape index (κ1) is 15.6. The van der Waals surface area contributed by atoms with Crippen molar-refractivity contribution in [2.45, 2.75) is 25.8 Å². The number of nitrogens with one attached hydrogen (secondary N) is 2. The summed E-state index contributed by atoms with van der Waals surface area (Å²) in [6.07, 6.45) is 5.29. The molecule has 1 fully saturated rings. The van der Waals surface area contributed by atoms with Crippen LogP contribution < -0.4 is 10.6 Å². The molecule has 1 unspecified atom stereocenters. The lowest BCUT2D eigenvalue weighted by Gasteiger charge is -2.17. The Kier molecular flexibility index (Phi) is 3.87. The molecule has 4 rings (SSSR count). The Morgan fingerprint density at radius 1 is 1.36 bits per heavy atom. The Hall–Kier alpha value is -2.89. The number of halogens is 1. The predicted octanol–water partition coefficient (Wildman–Crippen LogP) is 4.55. The predicted molar refractivity (Wildman–Crippen MR) is 92.8 cm³/mol. The third-order valence-electron chi connectivity index (χ3n) is 4.52. The van der Waals surface area contributed by atoms with Gasteiger partial charge in [0.05, 0.1) is 17.9 Å². The highest BCUT2D eigenvalue weighted by molar-refractivity contribution is 5.89. The second-order valence-corrected chi connectivity index (χ2v) is 6.39. The van der Waals surface area contributed by atoms with Crippen LogP contribution in [0.3, 0.4) is 0 Å². The van der Waals surface area contributed by atoms with Gasteiger partial charge in [-0.25, -0.2) is 9.18 Å². The van der Waals surface area contributed by atoms with Gasteiger partial charge in [0.2, 0.25) is 0 Å². The Balaban J connectivity index is 1.59. The fraction of sp³-hybridized carbons (Fsp3) is 0.263. The van der Waals surface area contributed by atoms with Gasteiger partial charge in [-0.2, -0.15) is 0 Å². The fourth-order valence-corrected chi connectivity index (χ4v) is 3.08. The number of rotatable bonds is 4. The summed E-state index contributed by atoms with van der Waals surface area (Å²) in [5.41, 5.74) is 2.13. The molecular weight excluding hydrogens is 321 g/mol. The number of nitrogens with zero attached hydrogens (tertiary/aromatic N) is 1. The lowest BCUT2D eigenvalue weighted by atomic mass is 10.0. The van der Waals surface area contributed by atoms with Crippen molar-refractivity contribution in [1.29, 1.82) is 0 Å². The van der Waals surface area contributed by atoms with Crippen molar-refractivity contribution in [1.82, 2.24) is 10.3 Å². The van der Waals surface area contributed by atoms with Crippen molar-refractivity contribution in [2.75, 3.05) is 5.32 Å². The van der Waals surface area contributed by atoms with E-state index < -0.39 is 0 Å². The summed E-state index contributed by atoms with van der Waals surface area (Å²) in [7, 11) is 0. The number of aromatic nitrogens is 1. The zero-order valence-corrected chi connectivity index (χ0v) is 13.8. The van der Waals surface area contributed by atoms with E-state index in [1.54, 1.807) is 30.6 Å². The second-order valence-electron chi connectivity index (χ2n) is 6.39. The van der Waals surface area contributed by atoms with E-state index in [1.165, 1.54) is 12.1 Å². The summed E-state index contributed by atoms with van der Waals surface area (Å²) in [4.78, 5) is 16.3. The number of amides is 2. The van der Waals surface area contributed by atoms with Crippen molar-refractivity contribution in [3.05, 3.63) is 59.9 Å². The molecule has 1 saturated carbocycles. The highest BCUT2D eigenvalue weighted by atomic mass is 19.1. The average Bonchev–Trinajstić information content (AvgIpc) is 3.39. The van der Waals surface area contributed by atoms with Gasteiger partial charge in [0.1, 0.15) is 17.2 Å². The molecule has 5 nitrogen and oxygen atoms in total. The molecule has 0 spiro atoms. The lowest BCUT2D eigenvalue weighted by Crippen LogP contribution is -2.33. The number of urea groups is 1. The van der Waals surface area contributed by atoms with Gasteiger partial charge in [-0.1, -0.05) is 0 Å². The van der Waals surface area contributed by atoms with E-state index in [0.29, 0.717) is 22.9 Å². The molecule has 1 aliphatic carbocycles. The molecule has 0 saturated heterocycles. The van der Waals surface area contributed by atoms with E-state index in [0.717, 1.165) is 23.8 Å². The topological polar surface area (TPSA) is 67.2 Å². The number of pyridine rings is 1.